The molecule has 4 rings (SSSR count). The van der Waals surface area contributed by atoms with Crippen molar-refractivity contribution in [2.24, 2.45) is 23.2 Å². The van der Waals surface area contributed by atoms with Crippen molar-refractivity contribution < 1.29 is 5.11 Å². The third kappa shape index (κ3) is 1.61. The standard InChI is InChI=1S/C19H26O/c1-12-3-8-18-17-6-4-13-11-14(20)5-7-15(13)16(17)9-10-19(12,18)2/h5,7,11-12,16-18,20H,3-4,6,8-10H2,1-2H3/t12-,16?,17?,18?,19+/m0/s1. The van der Waals surface area contributed by atoms with Gasteiger partial charge in [-0.2, -0.15) is 0 Å². The minimum Gasteiger partial charge on any atom is -0.508 e. The summed E-state index contributed by atoms with van der Waals surface area (Å²) >= 11 is 0. The minimum atomic E-state index is 0.442. The summed E-state index contributed by atoms with van der Waals surface area (Å²) in [6.45, 7) is 5.05. The van der Waals surface area contributed by atoms with Gasteiger partial charge in [0.25, 0.3) is 0 Å². The third-order valence-electron chi connectivity index (χ3n) is 7.18. The maximum absolute atomic E-state index is 9.71. The van der Waals surface area contributed by atoms with Crippen molar-refractivity contribution in [3.8, 4) is 5.75 Å². The number of phenolic OH excluding ortho intramolecular Hbond substituents is 1. The lowest BCUT2D eigenvalue weighted by Gasteiger charge is -2.50. The van der Waals surface area contributed by atoms with Crippen LogP contribution < -0.4 is 0 Å². The monoisotopic (exact) mass is 270 g/mol. The Morgan fingerprint density at radius 3 is 2.85 bits per heavy atom. The Labute approximate surface area is 122 Å². The number of fused-ring (bicyclic) bond motifs is 5. The highest BCUT2D eigenvalue weighted by Gasteiger charge is 2.53. The summed E-state index contributed by atoms with van der Waals surface area (Å²) in [5, 5.41) is 9.71. The first kappa shape index (κ1) is 12.7. The molecule has 2 saturated carbocycles. The van der Waals surface area contributed by atoms with Crippen LogP contribution in [0.1, 0.15) is 63.0 Å². The SMILES string of the molecule is C[C@H]1CCC2C3CCc4cc(O)ccc4C3CC[C@@]21C. The van der Waals surface area contributed by atoms with Gasteiger partial charge in [-0.15, -0.1) is 0 Å². The van der Waals surface area contributed by atoms with Gasteiger partial charge >= 0.3 is 0 Å². The molecule has 1 heteroatoms. The Bertz CT molecular complexity index is 535. The van der Waals surface area contributed by atoms with Gasteiger partial charge in [-0.3, -0.25) is 0 Å². The van der Waals surface area contributed by atoms with Gasteiger partial charge in [0.15, 0.2) is 0 Å². The fraction of sp³-hybridized carbons (Fsp3) is 0.684. The van der Waals surface area contributed by atoms with E-state index in [1.54, 1.807) is 5.56 Å². The van der Waals surface area contributed by atoms with Gasteiger partial charge in [-0.05, 0) is 90.9 Å². The highest BCUT2D eigenvalue weighted by molar-refractivity contribution is 5.40. The summed E-state index contributed by atoms with van der Waals surface area (Å²) in [6.07, 6.45) is 8.17. The van der Waals surface area contributed by atoms with E-state index in [2.05, 4.69) is 19.9 Å². The van der Waals surface area contributed by atoms with E-state index in [0.29, 0.717) is 11.2 Å². The fourth-order valence-electron chi connectivity index (χ4n) is 5.83. The normalized spacial score (nSPS) is 42.7. The first-order chi connectivity index (χ1) is 9.59. The second-order valence-electron chi connectivity index (χ2n) is 7.82. The number of hydrogen-bond acceptors (Lipinski definition) is 1. The molecule has 1 aromatic rings. The Balaban J connectivity index is 1.71. The van der Waals surface area contributed by atoms with Crippen molar-refractivity contribution in [3.63, 3.8) is 0 Å². The van der Waals surface area contributed by atoms with Crippen LogP contribution in [0, 0.1) is 23.2 Å². The number of aromatic hydroxyl groups is 1. The van der Waals surface area contributed by atoms with E-state index in [1.807, 2.05) is 12.1 Å². The van der Waals surface area contributed by atoms with Crippen LogP contribution in [0.2, 0.25) is 0 Å². The molecule has 0 spiro atoms. The Morgan fingerprint density at radius 1 is 1.15 bits per heavy atom. The summed E-state index contributed by atoms with van der Waals surface area (Å²) in [5.74, 6) is 3.96. The first-order valence-electron chi connectivity index (χ1n) is 8.41. The van der Waals surface area contributed by atoms with Gasteiger partial charge in [-0.1, -0.05) is 19.9 Å². The van der Waals surface area contributed by atoms with Crippen molar-refractivity contribution in [2.75, 3.05) is 0 Å². The summed E-state index contributed by atoms with van der Waals surface area (Å²) in [6, 6.07) is 6.12. The molecule has 108 valence electrons. The van der Waals surface area contributed by atoms with Gasteiger partial charge in [0.05, 0.1) is 0 Å². The second-order valence-corrected chi connectivity index (χ2v) is 7.82. The number of hydrogen-bond donors (Lipinski definition) is 1. The average molecular weight is 270 g/mol. The van der Waals surface area contributed by atoms with Crippen LogP contribution in [0.4, 0.5) is 0 Å². The molecule has 3 aliphatic rings. The van der Waals surface area contributed by atoms with Crippen LogP contribution in [0.15, 0.2) is 18.2 Å². The van der Waals surface area contributed by atoms with Crippen LogP contribution in [0.5, 0.6) is 5.75 Å². The predicted molar refractivity (Wildman–Crippen MR) is 81.9 cm³/mol. The lowest BCUT2D eigenvalue weighted by atomic mass is 9.54. The molecule has 0 radical (unpaired) electrons. The summed E-state index contributed by atoms with van der Waals surface area (Å²) in [5.41, 5.74) is 3.58. The molecule has 2 fully saturated rings. The highest BCUT2D eigenvalue weighted by Crippen LogP contribution is 2.62. The maximum Gasteiger partial charge on any atom is 0.115 e. The van der Waals surface area contributed by atoms with Crippen molar-refractivity contribution in [1.29, 1.82) is 0 Å². The van der Waals surface area contributed by atoms with Crippen LogP contribution in [-0.4, -0.2) is 5.11 Å². The molecule has 1 N–H and O–H groups in total. The molecule has 0 saturated heterocycles. The van der Waals surface area contributed by atoms with Gasteiger partial charge < -0.3 is 5.11 Å². The zero-order valence-corrected chi connectivity index (χ0v) is 12.7. The van der Waals surface area contributed by atoms with Crippen molar-refractivity contribution in [2.45, 2.75) is 58.3 Å². The van der Waals surface area contributed by atoms with Gasteiger partial charge in [0, 0.05) is 0 Å². The molecule has 1 aromatic carbocycles. The Morgan fingerprint density at radius 2 is 2.00 bits per heavy atom. The quantitative estimate of drug-likeness (QED) is 0.712. The molecule has 3 unspecified atom stereocenters. The smallest absolute Gasteiger partial charge is 0.115 e. The summed E-state index contributed by atoms with van der Waals surface area (Å²) in [4.78, 5) is 0. The number of phenols is 1. The van der Waals surface area contributed by atoms with E-state index >= 15 is 0 Å². The van der Waals surface area contributed by atoms with E-state index in [4.69, 9.17) is 0 Å². The Kier molecular flexibility index (Phi) is 2.71. The predicted octanol–water partition coefficient (Wildman–Crippen LogP) is 4.88. The minimum absolute atomic E-state index is 0.442. The fourth-order valence-corrected chi connectivity index (χ4v) is 5.83. The second kappa shape index (κ2) is 4.26. The van der Waals surface area contributed by atoms with Crippen LogP contribution in [0.25, 0.3) is 0 Å². The highest BCUT2D eigenvalue weighted by atomic mass is 16.3. The summed E-state index contributed by atoms with van der Waals surface area (Å²) in [7, 11) is 0. The van der Waals surface area contributed by atoms with Crippen molar-refractivity contribution in [1.82, 2.24) is 0 Å². The molecule has 1 nitrogen and oxygen atoms in total. The van der Waals surface area contributed by atoms with E-state index in [0.717, 1.165) is 23.7 Å². The molecule has 3 aliphatic carbocycles. The third-order valence-corrected chi connectivity index (χ3v) is 7.18. The van der Waals surface area contributed by atoms with Crippen LogP contribution >= 0.6 is 0 Å². The van der Waals surface area contributed by atoms with Crippen molar-refractivity contribution in [3.05, 3.63) is 29.3 Å². The molecule has 0 bridgehead atoms. The molecular formula is C19H26O. The van der Waals surface area contributed by atoms with Crippen LogP contribution in [0.3, 0.4) is 0 Å². The Hall–Kier alpha value is -0.980. The largest absolute Gasteiger partial charge is 0.508 e. The number of benzene rings is 1. The van der Waals surface area contributed by atoms with Gasteiger partial charge in [0.2, 0.25) is 0 Å². The van der Waals surface area contributed by atoms with Gasteiger partial charge in [-0.25, -0.2) is 0 Å². The first-order valence-corrected chi connectivity index (χ1v) is 8.41. The molecule has 0 aliphatic heterocycles. The maximum atomic E-state index is 9.71. The van der Waals surface area contributed by atoms with E-state index in [-0.39, 0.29) is 0 Å². The van der Waals surface area contributed by atoms with E-state index in [9.17, 15) is 5.11 Å². The average Bonchev–Trinajstić information content (AvgIpc) is 2.74. The number of aryl methyl sites for hydroxylation is 1. The zero-order valence-electron chi connectivity index (χ0n) is 12.7. The van der Waals surface area contributed by atoms with E-state index < -0.39 is 0 Å². The molecular weight excluding hydrogens is 244 g/mol. The van der Waals surface area contributed by atoms with Crippen molar-refractivity contribution >= 4 is 0 Å². The topological polar surface area (TPSA) is 20.2 Å². The lowest BCUT2D eigenvalue weighted by Crippen LogP contribution is -2.41. The lowest BCUT2D eigenvalue weighted by molar-refractivity contribution is 0.0336. The molecule has 0 aromatic heterocycles. The summed E-state index contributed by atoms with van der Waals surface area (Å²) < 4.78 is 0. The van der Waals surface area contributed by atoms with Crippen LogP contribution in [-0.2, 0) is 6.42 Å². The van der Waals surface area contributed by atoms with Gasteiger partial charge in [0.1, 0.15) is 5.75 Å². The molecule has 0 heterocycles. The molecule has 0 amide bonds. The molecule has 20 heavy (non-hydrogen) atoms. The number of rotatable bonds is 0. The molecule has 5 atom stereocenters. The van der Waals surface area contributed by atoms with E-state index in [1.165, 1.54) is 44.1 Å². The zero-order chi connectivity index (χ0) is 13.9.